The Balaban J connectivity index is 0.893. The lowest BCUT2D eigenvalue weighted by Gasteiger charge is -2.29. The predicted octanol–water partition coefficient (Wildman–Crippen LogP) is 6.02. The molecule has 1 aliphatic carbocycles. The van der Waals surface area contributed by atoms with E-state index >= 15 is 0 Å². The van der Waals surface area contributed by atoms with Crippen molar-refractivity contribution in [3.05, 3.63) is 81.4 Å². The van der Waals surface area contributed by atoms with Crippen LogP contribution in [0.5, 0.6) is 0 Å². The van der Waals surface area contributed by atoms with Gasteiger partial charge in [-0.1, -0.05) is 66.4 Å². The maximum Gasteiger partial charge on any atom is 0.326 e. The van der Waals surface area contributed by atoms with Crippen molar-refractivity contribution in [3.63, 3.8) is 0 Å². The van der Waals surface area contributed by atoms with E-state index < -0.39 is 17.4 Å². The Morgan fingerprint density at radius 2 is 1.01 bits per heavy atom. The highest BCUT2D eigenvalue weighted by Gasteiger charge is 2.42. The molecule has 3 amide bonds. The van der Waals surface area contributed by atoms with Crippen LogP contribution in [0.15, 0.2) is 54.6 Å². The maximum absolute atomic E-state index is 13.7. The minimum atomic E-state index is -1.14. The molecule has 4 rings (SSSR count). The topological polar surface area (TPSA) is 229 Å². The number of rotatable bonds is 43. The number of ether oxygens (including phenoxy) is 8. The van der Waals surface area contributed by atoms with Crippen LogP contribution in [0.4, 0.5) is 0 Å². The molecule has 1 atom stereocenters. The van der Waals surface area contributed by atoms with Gasteiger partial charge in [-0.25, -0.2) is 4.79 Å². The van der Waals surface area contributed by atoms with E-state index in [9.17, 15) is 38.7 Å². The Morgan fingerprint density at radius 3 is 1.51 bits per heavy atom. The highest BCUT2D eigenvalue weighted by atomic mass is 35.5. The average molecular weight is 1060 g/mol. The molecular weight excluding hydrogens is 991 g/mol. The smallest absolute Gasteiger partial charge is 0.326 e. The zero-order chi connectivity index (χ0) is 52.5. The monoisotopic (exact) mass is 1060 g/mol. The lowest BCUT2D eigenvalue weighted by Crippen LogP contribution is -2.48. The molecule has 20 heteroatoms. The standard InChI is InChI=1S/C53H72Cl2N2O16/c54-44-8-3-9-45(55)50(44)47(60)39-41-12-10-40(11-13-41)38-46(51(63)64)56-52(65)53(18-1-2-19-53)20-4-6-43(59)17-23-67-25-27-69-29-31-71-33-35-73-37-36-72-34-32-70-30-28-68-26-24-66-22-5-7-42(58)16-21-57-48(61)14-15-49(57)62/h3,8-15,46H,1-2,4-7,16-39H2,(H,56,65)(H,63,64)/t46-/m0/s1. The van der Waals surface area contributed by atoms with Gasteiger partial charge in [0.05, 0.1) is 115 Å². The van der Waals surface area contributed by atoms with E-state index in [2.05, 4.69) is 5.32 Å². The van der Waals surface area contributed by atoms with E-state index in [-0.39, 0.29) is 89.5 Å². The number of halogens is 2. The van der Waals surface area contributed by atoms with Crippen molar-refractivity contribution in [2.45, 2.75) is 89.5 Å². The number of carboxylic acids is 1. The van der Waals surface area contributed by atoms with Gasteiger partial charge in [0.15, 0.2) is 5.78 Å². The predicted molar refractivity (Wildman–Crippen MR) is 270 cm³/mol. The SMILES string of the molecule is O=C(CCCC1(C(=O)N[C@@H](Cc2ccc(CC(=O)c3c(Cl)cccc3Cl)cc2)C(=O)O)CCCC1)CCOCCOCCOCCOCCOCCOCCOCCOCCCC(=O)CCN1C(=O)C=CC1=O. The molecule has 0 radical (unpaired) electrons. The van der Waals surface area contributed by atoms with Crippen LogP contribution in [0.2, 0.25) is 10.0 Å². The zero-order valence-electron chi connectivity index (χ0n) is 41.8. The molecule has 2 aromatic rings. The van der Waals surface area contributed by atoms with Gasteiger partial charge in [0.1, 0.15) is 17.6 Å². The fraction of sp³-hybridized carbons (Fsp3) is 0.604. The van der Waals surface area contributed by atoms with Crippen molar-refractivity contribution in [2.24, 2.45) is 5.41 Å². The van der Waals surface area contributed by atoms with E-state index in [1.165, 1.54) is 12.2 Å². The van der Waals surface area contributed by atoms with Gasteiger partial charge in [0.2, 0.25) is 5.91 Å². The number of aliphatic carboxylic acids is 1. The summed E-state index contributed by atoms with van der Waals surface area (Å²) >= 11 is 12.4. The molecule has 2 aliphatic rings. The fourth-order valence-electron chi connectivity index (χ4n) is 8.18. The number of hydrogen-bond donors (Lipinski definition) is 2. The Bertz CT molecular complexity index is 2020. The Morgan fingerprint density at radius 1 is 0.575 bits per heavy atom. The third-order valence-electron chi connectivity index (χ3n) is 12.2. The molecular formula is C53H72Cl2N2O16. The van der Waals surface area contributed by atoms with Crippen molar-refractivity contribution in [1.29, 1.82) is 0 Å². The summed E-state index contributed by atoms with van der Waals surface area (Å²) in [6.07, 6.45) is 8.16. The van der Waals surface area contributed by atoms with Crippen molar-refractivity contribution in [1.82, 2.24) is 10.2 Å². The fourth-order valence-corrected chi connectivity index (χ4v) is 8.79. The second kappa shape index (κ2) is 35.7. The molecule has 0 bridgehead atoms. The minimum Gasteiger partial charge on any atom is -0.480 e. The summed E-state index contributed by atoms with van der Waals surface area (Å²) in [7, 11) is 0. The molecule has 404 valence electrons. The van der Waals surface area contributed by atoms with Crippen LogP contribution in [0.1, 0.15) is 92.1 Å². The second-order valence-corrected chi connectivity index (χ2v) is 18.5. The average Bonchev–Trinajstić information content (AvgIpc) is 3.98. The quantitative estimate of drug-likeness (QED) is 0.0440. The Hall–Kier alpha value is -4.47. The van der Waals surface area contributed by atoms with E-state index in [1.54, 1.807) is 42.5 Å². The number of benzene rings is 2. The first-order valence-electron chi connectivity index (χ1n) is 25.2. The normalized spacial score (nSPS) is 14.5. The third kappa shape index (κ3) is 24.2. The van der Waals surface area contributed by atoms with E-state index in [4.69, 9.17) is 61.1 Å². The summed E-state index contributed by atoms with van der Waals surface area (Å²) in [4.78, 5) is 87.5. The number of imide groups is 1. The lowest BCUT2D eigenvalue weighted by molar-refractivity contribution is -0.144. The molecule has 2 N–H and O–H groups in total. The van der Waals surface area contributed by atoms with Crippen molar-refractivity contribution in [3.8, 4) is 0 Å². The molecule has 18 nitrogen and oxygen atoms in total. The maximum atomic E-state index is 13.7. The van der Waals surface area contributed by atoms with Crippen LogP contribution in [0.3, 0.4) is 0 Å². The Labute approximate surface area is 437 Å². The van der Waals surface area contributed by atoms with Gasteiger partial charge < -0.3 is 48.3 Å². The number of ketones is 3. The van der Waals surface area contributed by atoms with Crippen molar-refractivity contribution in [2.75, 3.05) is 112 Å². The number of Topliss-reactive ketones (excluding diaryl/α,β-unsaturated/α-hetero) is 3. The number of carbonyl (C=O) groups excluding carboxylic acids is 6. The molecule has 0 unspecified atom stereocenters. The minimum absolute atomic E-state index is 0.0192. The van der Waals surface area contributed by atoms with Crippen LogP contribution in [0.25, 0.3) is 0 Å². The molecule has 1 saturated carbocycles. The van der Waals surface area contributed by atoms with E-state index in [0.717, 1.165) is 17.7 Å². The summed E-state index contributed by atoms with van der Waals surface area (Å²) in [5.74, 6) is -2.41. The molecule has 1 heterocycles. The van der Waals surface area contributed by atoms with Gasteiger partial charge in [-0.2, -0.15) is 0 Å². The summed E-state index contributed by atoms with van der Waals surface area (Å²) in [5, 5.41) is 13.4. The van der Waals surface area contributed by atoms with Crippen LogP contribution in [-0.2, 0) is 79.5 Å². The number of nitrogens with one attached hydrogen (secondary N) is 1. The molecule has 0 aromatic heterocycles. The first-order valence-corrected chi connectivity index (χ1v) is 25.9. The molecule has 0 spiro atoms. The summed E-state index contributed by atoms with van der Waals surface area (Å²) in [6, 6.07) is 10.7. The number of carbonyl (C=O) groups is 7. The highest BCUT2D eigenvalue weighted by molar-refractivity contribution is 6.39. The van der Waals surface area contributed by atoms with Gasteiger partial charge in [-0.05, 0) is 55.4 Å². The lowest BCUT2D eigenvalue weighted by atomic mass is 9.79. The van der Waals surface area contributed by atoms with Gasteiger partial charge in [0.25, 0.3) is 11.8 Å². The van der Waals surface area contributed by atoms with Crippen LogP contribution >= 0.6 is 23.2 Å². The zero-order valence-corrected chi connectivity index (χ0v) is 43.3. The second-order valence-electron chi connectivity index (χ2n) is 17.7. The molecule has 1 aliphatic heterocycles. The van der Waals surface area contributed by atoms with E-state index in [1.807, 2.05) is 0 Å². The number of amides is 3. The van der Waals surface area contributed by atoms with E-state index in [0.29, 0.717) is 155 Å². The van der Waals surface area contributed by atoms with Gasteiger partial charge in [-0.3, -0.25) is 33.7 Å². The number of hydrogen-bond acceptors (Lipinski definition) is 15. The number of carboxylic acid groups (broad SMARTS) is 1. The van der Waals surface area contributed by atoms with Gasteiger partial charge in [0, 0.05) is 69.2 Å². The van der Waals surface area contributed by atoms with Gasteiger partial charge >= 0.3 is 5.97 Å². The van der Waals surface area contributed by atoms with Gasteiger partial charge in [-0.15, -0.1) is 0 Å². The first kappa shape index (κ1) is 61.1. The molecule has 0 saturated heterocycles. The van der Waals surface area contributed by atoms with Crippen LogP contribution in [0, 0.1) is 5.41 Å². The molecule has 2 aromatic carbocycles. The van der Waals surface area contributed by atoms with Crippen LogP contribution < -0.4 is 5.32 Å². The number of nitrogens with zero attached hydrogens (tertiary/aromatic N) is 1. The van der Waals surface area contributed by atoms with Crippen molar-refractivity contribution >= 4 is 64.2 Å². The first-order chi connectivity index (χ1) is 35.4. The summed E-state index contributed by atoms with van der Waals surface area (Å²) in [6.45, 7) is 6.52. The Kier molecular flexibility index (Phi) is 29.9. The molecule has 1 fully saturated rings. The summed E-state index contributed by atoms with van der Waals surface area (Å²) < 4.78 is 44.1. The largest absolute Gasteiger partial charge is 0.480 e. The summed E-state index contributed by atoms with van der Waals surface area (Å²) in [5.41, 5.74) is 0.952. The van der Waals surface area contributed by atoms with Crippen LogP contribution in [-0.4, -0.2) is 169 Å². The van der Waals surface area contributed by atoms with Crippen molar-refractivity contribution < 1.29 is 76.6 Å². The highest BCUT2D eigenvalue weighted by Crippen LogP contribution is 2.43. The molecule has 73 heavy (non-hydrogen) atoms. The third-order valence-corrected chi connectivity index (χ3v) is 12.8.